The Bertz CT molecular complexity index is 1120. The van der Waals surface area contributed by atoms with E-state index in [1.165, 1.54) is 11.0 Å². The minimum absolute atomic E-state index is 0.0612. The van der Waals surface area contributed by atoms with Gasteiger partial charge >= 0.3 is 6.09 Å². The number of benzene rings is 2. The molecule has 2 N–H and O–H groups in total. The molecule has 1 aliphatic rings. The first kappa shape index (κ1) is 24.3. The lowest BCUT2D eigenvalue weighted by molar-refractivity contribution is 0.134. The van der Waals surface area contributed by atoms with Crippen molar-refractivity contribution in [2.75, 3.05) is 25.6 Å². The summed E-state index contributed by atoms with van der Waals surface area (Å²) in [7, 11) is -2.28. The fraction of sp³-hybridized carbons (Fsp3) is 0.300. The molecule has 1 unspecified atom stereocenters. The van der Waals surface area contributed by atoms with E-state index in [4.69, 9.17) is 9.47 Å². The average molecular weight is 588 g/mol. The number of sulfonamides is 1. The molecule has 9 nitrogen and oxygen atoms in total. The van der Waals surface area contributed by atoms with Crippen LogP contribution >= 0.6 is 31.9 Å². The molecule has 2 atom stereocenters. The van der Waals surface area contributed by atoms with Crippen LogP contribution < -0.4 is 14.8 Å². The Balaban J connectivity index is 1.57. The molecule has 0 aliphatic carbocycles. The van der Waals surface area contributed by atoms with Crippen LogP contribution in [-0.2, 0) is 14.8 Å². The van der Waals surface area contributed by atoms with Gasteiger partial charge in [0, 0.05) is 27.2 Å². The zero-order valence-corrected chi connectivity index (χ0v) is 20.9. The van der Waals surface area contributed by atoms with Crippen LogP contribution in [0, 0.1) is 11.5 Å². The number of likely N-dealkylation sites (tertiary alicyclic amines) is 1. The molecule has 3 rings (SSSR count). The Hall–Kier alpha value is -2.33. The van der Waals surface area contributed by atoms with Crippen LogP contribution in [0.5, 0.6) is 5.75 Å². The third-order valence-electron chi connectivity index (χ3n) is 4.79. The molecule has 1 aliphatic heterocycles. The second-order valence-electron chi connectivity index (χ2n) is 6.99. The van der Waals surface area contributed by atoms with Crippen molar-refractivity contribution in [3.8, 4) is 11.9 Å². The highest BCUT2D eigenvalue weighted by atomic mass is 79.9. The minimum Gasteiger partial charge on any atom is -0.497 e. The van der Waals surface area contributed by atoms with Gasteiger partial charge in [0.05, 0.1) is 18.0 Å². The number of anilines is 1. The monoisotopic (exact) mass is 586 g/mol. The lowest BCUT2D eigenvalue weighted by Gasteiger charge is -2.17. The third-order valence-corrected chi connectivity index (χ3v) is 7.80. The maximum Gasteiger partial charge on any atom is 0.411 e. The van der Waals surface area contributed by atoms with E-state index in [9.17, 15) is 18.5 Å². The number of hydrogen-bond acceptors (Lipinski definition) is 7. The standard InChI is InChI=1S/C20H20Br2N4O5S/c1-30-17-5-3-14(4-6-17)24-20(27)31-11-16-9-15(10-26(16)12-23)25-32(28,29)19-8-13(21)2-7-18(19)22/h2-8,15-16,25H,9-11H2,1H3,(H,24,27)/t15?,16-/m1/s1. The first-order valence-corrected chi connectivity index (χ1v) is 12.5. The molecule has 1 heterocycles. The lowest BCUT2D eigenvalue weighted by atomic mass is 10.2. The second-order valence-corrected chi connectivity index (χ2v) is 10.4. The van der Waals surface area contributed by atoms with Crippen LogP contribution in [0.3, 0.4) is 0 Å². The van der Waals surface area contributed by atoms with Crippen molar-refractivity contribution in [3.63, 3.8) is 0 Å². The summed E-state index contributed by atoms with van der Waals surface area (Å²) in [5, 5.41) is 12.0. The summed E-state index contributed by atoms with van der Waals surface area (Å²) >= 11 is 6.53. The maximum absolute atomic E-state index is 12.8. The fourth-order valence-corrected chi connectivity index (χ4v) is 5.99. The number of carbonyl (C=O) groups is 1. The van der Waals surface area contributed by atoms with Gasteiger partial charge in [-0.1, -0.05) is 15.9 Å². The Morgan fingerprint density at radius 3 is 2.62 bits per heavy atom. The Kier molecular flexibility index (Phi) is 8.00. The smallest absolute Gasteiger partial charge is 0.411 e. The van der Waals surface area contributed by atoms with Crippen LogP contribution in [0.25, 0.3) is 0 Å². The van der Waals surface area contributed by atoms with Gasteiger partial charge in [-0.25, -0.2) is 17.9 Å². The van der Waals surface area contributed by atoms with Crippen molar-refractivity contribution in [2.24, 2.45) is 0 Å². The molecule has 12 heteroatoms. The van der Waals surface area contributed by atoms with E-state index in [-0.39, 0.29) is 18.0 Å². The average Bonchev–Trinajstić information content (AvgIpc) is 3.15. The largest absolute Gasteiger partial charge is 0.497 e. The second kappa shape index (κ2) is 10.5. The first-order valence-electron chi connectivity index (χ1n) is 9.43. The van der Waals surface area contributed by atoms with Gasteiger partial charge in [0.2, 0.25) is 10.0 Å². The number of carbonyl (C=O) groups excluding carboxylic acids is 1. The predicted molar refractivity (Wildman–Crippen MR) is 125 cm³/mol. The van der Waals surface area contributed by atoms with E-state index >= 15 is 0 Å². The van der Waals surface area contributed by atoms with Crippen molar-refractivity contribution in [2.45, 2.75) is 23.4 Å². The van der Waals surface area contributed by atoms with Gasteiger partial charge in [-0.05, 0) is 64.8 Å². The molecular formula is C20H20Br2N4O5S. The zero-order chi connectivity index (χ0) is 23.3. The van der Waals surface area contributed by atoms with E-state index in [1.807, 2.05) is 6.19 Å². The molecule has 2 aromatic rings. The van der Waals surface area contributed by atoms with Gasteiger partial charge in [0.15, 0.2) is 6.19 Å². The summed E-state index contributed by atoms with van der Waals surface area (Å²) in [6, 6.07) is 10.6. The van der Waals surface area contributed by atoms with Gasteiger partial charge in [0.1, 0.15) is 12.4 Å². The van der Waals surface area contributed by atoms with E-state index in [0.29, 0.717) is 26.8 Å². The zero-order valence-electron chi connectivity index (χ0n) is 16.9. The highest BCUT2D eigenvalue weighted by Crippen LogP contribution is 2.27. The van der Waals surface area contributed by atoms with E-state index in [2.05, 4.69) is 41.9 Å². The third kappa shape index (κ3) is 6.13. The molecular weight excluding hydrogens is 568 g/mol. The maximum atomic E-state index is 12.8. The number of nitrogens with zero attached hydrogens (tertiary/aromatic N) is 2. The normalized spacial score (nSPS) is 18.1. The summed E-state index contributed by atoms with van der Waals surface area (Å²) < 4.78 is 39.6. The van der Waals surface area contributed by atoms with E-state index in [1.54, 1.807) is 43.5 Å². The molecule has 1 saturated heterocycles. The molecule has 170 valence electrons. The molecule has 0 aromatic heterocycles. The summed E-state index contributed by atoms with van der Waals surface area (Å²) in [5.41, 5.74) is 0.532. The highest BCUT2D eigenvalue weighted by Gasteiger charge is 2.35. The van der Waals surface area contributed by atoms with Crippen LogP contribution in [0.1, 0.15) is 6.42 Å². The van der Waals surface area contributed by atoms with Crippen molar-refractivity contribution in [1.82, 2.24) is 9.62 Å². The SMILES string of the molecule is COc1ccc(NC(=O)OC[C@H]2CC(NS(=O)(=O)c3cc(Br)ccc3Br)CN2C#N)cc1. The molecule has 2 aromatic carbocycles. The number of amides is 1. The molecule has 0 radical (unpaired) electrons. The van der Waals surface area contributed by atoms with E-state index < -0.39 is 28.2 Å². The predicted octanol–water partition coefficient (Wildman–Crippen LogP) is 3.67. The van der Waals surface area contributed by atoms with Crippen molar-refractivity contribution in [3.05, 3.63) is 51.4 Å². The van der Waals surface area contributed by atoms with Crippen molar-refractivity contribution >= 4 is 53.7 Å². The molecule has 0 spiro atoms. The van der Waals surface area contributed by atoms with Gasteiger partial charge in [0.25, 0.3) is 0 Å². The van der Waals surface area contributed by atoms with Crippen molar-refractivity contribution in [1.29, 1.82) is 5.26 Å². The number of hydrogen-bond donors (Lipinski definition) is 2. The topological polar surface area (TPSA) is 121 Å². The summed E-state index contributed by atoms with van der Waals surface area (Å²) in [5.74, 6) is 0.655. The summed E-state index contributed by atoms with van der Waals surface area (Å²) in [4.78, 5) is 13.6. The Morgan fingerprint density at radius 2 is 1.97 bits per heavy atom. The molecule has 1 fully saturated rings. The molecule has 1 amide bonds. The fourth-order valence-electron chi connectivity index (χ4n) is 3.25. The van der Waals surface area contributed by atoms with Crippen LogP contribution in [0.4, 0.5) is 10.5 Å². The van der Waals surface area contributed by atoms with Crippen LogP contribution in [0.15, 0.2) is 56.3 Å². The Labute approximate surface area is 203 Å². The van der Waals surface area contributed by atoms with Crippen LogP contribution in [-0.4, -0.2) is 51.8 Å². The number of nitrogens with one attached hydrogen (secondary N) is 2. The van der Waals surface area contributed by atoms with Crippen molar-refractivity contribution < 1.29 is 22.7 Å². The lowest BCUT2D eigenvalue weighted by Crippen LogP contribution is -2.36. The van der Waals surface area contributed by atoms with Gasteiger partial charge in [-0.2, -0.15) is 5.26 Å². The number of nitriles is 1. The van der Waals surface area contributed by atoms with E-state index in [0.717, 1.165) is 0 Å². The molecule has 0 bridgehead atoms. The summed E-state index contributed by atoms with van der Waals surface area (Å²) in [6.45, 7) is 0.115. The van der Waals surface area contributed by atoms with Gasteiger partial charge in [-0.3, -0.25) is 5.32 Å². The number of ether oxygens (including phenoxy) is 2. The highest BCUT2D eigenvalue weighted by molar-refractivity contribution is 9.11. The van der Waals surface area contributed by atoms with Gasteiger partial charge in [-0.15, -0.1) is 0 Å². The minimum atomic E-state index is -3.82. The van der Waals surface area contributed by atoms with Gasteiger partial charge < -0.3 is 14.4 Å². The summed E-state index contributed by atoms with van der Waals surface area (Å²) in [6.07, 6.45) is 1.67. The molecule has 0 saturated carbocycles. The quantitative estimate of drug-likeness (QED) is 0.474. The van der Waals surface area contributed by atoms with Crippen LogP contribution in [0.2, 0.25) is 0 Å². The Morgan fingerprint density at radius 1 is 1.25 bits per heavy atom. The number of rotatable bonds is 7. The first-order chi connectivity index (χ1) is 15.2. The number of methoxy groups -OCH3 is 1. The number of halogens is 2. The molecule has 32 heavy (non-hydrogen) atoms.